The van der Waals surface area contributed by atoms with Crippen LogP contribution in [0.5, 0.6) is 0 Å². The molecule has 0 spiro atoms. The summed E-state index contributed by atoms with van der Waals surface area (Å²) in [5.41, 5.74) is -0.781. The van der Waals surface area contributed by atoms with Crippen molar-refractivity contribution in [2.24, 2.45) is 0 Å². The Balaban J connectivity index is 2.51. The van der Waals surface area contributed by atoms with E-state index in [2.05, 4.69) is 0 Å². The van der Waals surface area contributed by atoms with Crippen molar-refractivity contribution in [1.82, 2.24) is 9.03 Å². The number of carbonyl (C=O) groups excluding carboxylic acids is 1. The summed E-state index contributed by atoms with van der Waals surface area (Å²) in [7, 11) is -3.96. The minimum absolute atomic E-state index is 0.224. The highest BCUT2D eigenvalue weighted by molar-refractivity contribution is 7.87. The van der Waals surface area contributed by atoms with Crippen LogP contribution in [0, 0.1) is 0 Å². The molecule has 1 aliphatic rings. The summed E-state index contributed by atoms with van der Waals surface area (Å²) in [5.74, 6) is 0. The molecule has 1 rings (SSSR count). The molecule has 16 heavy (non-hydrogen) atoms. The summed E-state index contributed by atoms with van der Waals surface area (Å²) < 4.78 is 42.6. The van der Waals surface area contributed by atoms with Gasteiger partial charge in [0.05, 0.1) is 0 Å². The zero-order valence-corrected chi connectivity index (χ0v) is 10.2. The molecule has 0 aromatic carbocycles. The van der Waals surface area contributed by atoms with Gasteiger partial charge in [-0.3, -0.25) is 0 Å². The third-order valence-corrected chi connectivity index (χ3v) is 3.16. The molecular weight excluding hydrogens is 239 g/mol. The van der Waals surface area contributed by atoms with E-state index in [4.69, 9.17) is 4.74 Å². The molecule has 0 aromatic heterocycles. The number of nitrogens with zero attached hydrogens (tertiary/aromatic N) is 1. The lowest BCUT2D eigenvalue weighted by atomic mass is 10.2. The second kappa shape index (κ2) is 4.17. The molecule has 0 radical (unpaired) electrons. The summed E-state index contributed by atoms with van der Waals surface area (Å²) in [4.78, 5) is 11.2. The highest BCUT2D eigenvalue weighted by atomic mass is 32.2. The molecule has 1 heterocycles. The van der Waals surface area contributed by atoms with Gasteiger partial charge in [0.15, 0.2) is 0 Å². The quantitative estimate of drug-likeness (QED) is 0.774. The normalized spacial score (nSPS) is 19.0. The Morgan fingerprint density at radius 3 is 2.31 bits per heavy atom. The van der Waals surface area contributed by atoms with Crippen molar-refractivity contribution < 1.29 is 22.3 Å². The van der Waals surface area contributed by atoms with Crippen molar-refractivity contribution in [2.45, 2.75) is 32.5 Å². The summed E-state index contributed by atoms with van der Waals surface area (Å²) in [6.07, 6.45) is -2.22. The number of rotatable bonds is 2. The first-order chi connectivity index (χ1) is 7.10. The van der Waals surface area contributed by atoms with Crippen LogP contribution in [-0.2, 0) is 14.9 Å². The molecule has 8 heteroatoms. The topological polar surface area (TPSA) is 75.7 Å². The van der Waals surface area contributed by atoms with E-state index in [1.807, 2.05) is 0 Å². The number of amides is 1. The van der Waals surface area contributed by atoms with E-state index >= 15 is 0 Å². The standard InChI is InChI=1S/C8H15FN2O4S/c1-8(2,3)15-7(12)10-16(13,14)11-4-6(9)5-11/h6H,4-5H2,1-3H3,(H,10,12). The first-order valence-electron chi connectivity index (χ1n) is 4.75. The number of nitrogens with one attached hydrogen (secondary N) is 1. The zero-order chi connectivity index (χ0) is 12.6. The van der Waals surface area contributed by atoms with Gasteiger partial charge < -0.3 is 4.74 Å². The molecule has 94 valence electrons. The molecule has 0 aliphatic carbocycles. The van der Waals surface area contributed by atoms with Crippen LogP contribution in [0.1, 0.15) is 20.8 Å². The molecule has 1 aliphatic heterocycles. The predicted molar refractivity (Wildman–Crippen MR) is 54.8 cm³/mol. The van der Waals surface area contributed by atoms with Crippen LogP contribution in [0.2, 0.25) is 0 Å². The van der Waals surface area contributed by atoms with Crippen LogP contribution in [0.3, 0.4) is 0 Å². The summed E-state index contributed by atoms with van der Waals surface area (Å²) >= 11 is 0. The van der Waals surface area contributed by atoms with Crippen LogP contribution >= 0.6 is 0 Å². The largest absolute Gasteiger partial charge is 0.443 e. The first kappa shape index (κ1) is 13.2. The maximum absolute atomic E-state index is 12.5. The molecule has 1 amide bonds. The number of alkyl halides is 1. The first-order valence-corrected chi connectivity index (χ1v) is 6.19. The van der Waals surface area contributed by atoms with Crippen molar-refractivity contribution in [1.29, 1.82) is 0 Å². The van der Waals surface area contributed by atoms with E-state index in [1.165, 1.54) is 0 Å². The third kappa shape index (κ3) is 3.60. The second-order valence-electron chi connectivity index (χ2n) is 4.52. The zero-order valence-electron chi connectivity index (χ0n) is 9.36. The summed E-state index contributed by atoms with van der Waals surface area (Å²) in [6, 6.07) is 0. The van der Waals surface area contributed by atoms with Gasteiger partial charge in [0.25, 0.3) is 0 Å². The Labute approximate surface area is 93.9 Å². The average Bonchev–Trinajstić information content (AvgIpc) is 1.92. The fourth-order valence-corrected chi connectivity index (χ4v) is 2.15. The van der Waals surface area contributed by atoms with Gasteiger partial charge >= 0.3 is 16.3 Å². The van der Waals surface area contributed by atoms with Crippen LogP contribution in [0.4, 0.5) is 9.18 Å². The Morgan fingerprint density at radius 2 is 1.94 bits per heavy atom. The van der Waals surface area contributed by atoms with Crippen molar-refractivity contribution in [3.63, 3.8) is 0 Å². The van der Waals surface area contributed by atoms with E-state index in [0.717, 1.165) is 4.31 Å². The van der Waals surface area contributed by atoms with Crippen LogP contribution in [0.15, 0.2) is 0 Å². The van der Waals surface area contributed by atoms with E-state index in [9.17, 15) is 17.6 Å². The fourth-order valence-electron chi connectivity index (χ4n) is 1.05. The molecule has 0 unspecified atom stereocenters. The Kier molecular flexibility index (Phi) is 3.44. The lowest BCUT2D eigenvalue weighted by Gasteiger charge is -2.32. The molecule has 0 atom stereocenters. The maximum atomic E-state index is 12.5. The second-order valence-corrected chi connectivity index (χ2v) is 6.19. The predicted octanol–water partition coefficient (Wildman–Crippen LogP) is 0.410. The van der Waals surface area contributed by atoms with Gasteiger partial charge in [-0.15, -0.1) is 0 Å². The van der Waals surface area contributed by atoms with Gasteiger partial charge in [-0.25, -0.2) is 13.9 Å². The number of carbonyl (C=O) groups is 1. The van der Waals surface area contributed by atoms with Crippen molar-refractivity contribution >= 4 is 16.3 Å². The van der Waals surface area contributed by atoms with E-state index < -0.39 is 28.1 Å². The molecular formula is C8H15FN2O4S. The van der Waals surface area contributed by atoms with Crippen molar-refractivity contribution in [3.8, 4) is 0 Å². The average molecular weight is 254 g/mol. The number of hydrogen-bond acceptors (Lipinski definition) is 4. The van der Waals surface area contributed by atoms with Gasteiger partial charge in [0.1, 0.15) is 11.8 Å². The van der Waals surface area contributed by atoms with E-state index in [1.54, 1.807) is 25.5 Å². The Morgan fingerprint density at radius 1 is 1.44 bits per heavy atom. The van der Waals surface area contributed by atoms with Gasteiger partial charge in [-0.2, -0.15) is 12.7 Å². The molecule has 1 saturated heterocycles. The summed E-state index contributed by atoms with van der Waals surface area (Å²) in [6.45, 7) is 4.39. The van der Waals surface area contributed by atoms with E-state index in [0.29, 0.717) is 0 Å². The highest BCUT2D eigenvalue weighted by Gasteiger charge is 2.37. The van der Waals surface area contributed by atoms with Gasteiger partial charge in [-0.1, -0.05) is 0 Å². The lowest BCUT2D eigenvalue weighted by molar-refractivity contribution is 0.0560. The number of ether oxygens (including phenoxy) is 1. The highest BCUT2D eigenvalue weighted by Crippen LogP contribution is 2.15. The molecule has 0 saturated carbocycles. The fraction of sp³-hybridized carbons (Fsp3) is 0.875. The molecule has 1 N–H and O–H groups in total. The summed E-state index contributed by atoms with van der Waals surface area (Å²) in [5, 5.41) is 0. The van der Waals surface area contributed by atoms with Gasteiger partial charge in [0, 0.05) is 13.1 Å². The minimum atomic E-state index is -3.96. The molecule has 0 aromatic rings. The minimum Gasteiger partial charge on any atom is -0.443 e. The maximum Gasteiger partial charge on any atom is 0.422 e. The van der Waals surface area contributed by atoms with Crippen LogP contribution in [-0.4, -0.2) is 43.7 Å². The number of halogens is 1. The van der Waals surface area contributed by atoms with Gasteiger partial charge in [0.2, 0.25) is 0 Å². The monoisotopic (exact) mass is 254 g/mol. The van der Waals surface area contributed by atoms with Crippen LogP contribution < -0.4 is 4.72 Å². The molecule has 0 bridgehead atoms. The Bertz CT molecular complexity index is 370. The van der Waals surface area contributed by atoms with Crippen LogP contribution in [0.25, 0.3) is 0 Å². The third-order valence-electron chi connectivity index (χ3n) is 1.75. The van der Waals surface area contributed by atoms with Gasteiger partial charge in [-0.05, 0) is 20.8 Å². The SMILES string of the molecule is CC(C)(C)OC(=O)NS(=O)(=O)N1CC(F)C1. The molecule has 6 nitrogen and oxygen atoms in total. The number of hydrogen-bond donors (Lipinski definition) is 1. The van der Waals surface area contributed by atoms with Crippen molar-refractivity contribution in [3.05, 3.63) is 0 Å². The smallest absolute Gasteiger partial charge is 0.422 e. The lowest BCUT2D eigenvalue weighted by Crippen LogP contribution is -2.56. The van der Waals surface area contributed by atoms with E-state index in [-0.39, 0.29) is 13.1 Å². The van der Waals surface area contributed by atoms with Crippen molar-refractivity contribution in [2.75, 3.05) is 13.1 Å². The Hall–Kier alpha value is -0.890. The molecule has 1 fully saturated rings.